The van der Waals surface area contributed by atoms with Crippen LogP contribution in [0.1, 0.15) is 16.8 Å². The third kappa shape index (κ3) is 2.63. The van der Waals surface area contributed by atoms with Gasteiger partial charge in [-0.3, -0.25) is 0 Å². The van der Waals surface area contributed by atoms with E-state index in [9.17, 15) is 5.26 Å². The molecule has 90 valence electrons. The number of nitriles is 1. The molecule has 1 heterocycles. The van der Waals surface area contributed by atoms with Crippen LogP contribution in [0.25, 0.3) is 0 Å². The van der Waals surface area contributed by atoms with E-state index >= 15 is 0 Å². The highest BCUT2D eigenvalue weighted by atomic mass is 35.5. The van der Waals surface area contributed by atoms with Gasteiger partial charge < -0.3 is 0 Å². The average Bonchev–Trinajstić information content (AvgIpc) is 2.37. The molecule has 0 spiro atoms. The Bertz CT molecular complexity index is 617. The number of nitrogens with zero attached hydrogens (tertiary/aromatic N) is 3. The van der Waals surface area contributed by atoms with Crippen molar-refractivity contribution < 1.29 is 0 Å². The zero-order chi connectivity index (χ0) is 13.1. The third-order valence-electron chi connectivity index (χ3n) is 2.56. The van der Waals surface area contributed by atoms with Crippen LogP contribution in [0.4, 0.5) is 0 Å². The van der Waals surface area contributed by atoms with Crippen molar-refractivity contribution in [2.45, 2.75) is 23.8 Å². The maximum absolute atomic E-state index is 9.19. The van der Waals surface area contributed by atoms with Crippen molar-refractivity contribution in [3.63, 3.8) is 0 Å². The summed E-state index contributed by atoms with van der Waals surface area (Å²) >= 11 is 7.25. The lowest BCUT2D eigenvalue weighted by Gasteiger charge is -2.06. The predicted molar refractivity (Wildman–Crippen MR) is 71.8 cm³/mol. The maximum Gasteiger partial charge on any atom is 0.142 e. The molecule has 0 aliphatic rings. The van der Waals surface area contributed by atoms with Crippen LogP contribution in [0.15, 0.2) is 34.2 Å². The van der Waals surface area contributed by atoms with Gasteiger partial charge in [-0.15, -0.1) is 5.10 Å². The molecule has 0 fully saturated rings. The standard InChI is InChI=1S/C13H10ClN3S/c1-8-9(2)16-17-13(12(8)7-15)18-11-5-3-10(14)4-6-11/h3-6H,1-2H3. The van der Waals surface area contributed by atoms with E-state index in [2.05, 4.69) is 16.3 Å². The van der Waals surface area contributed by atoms with Crippen LogP contribution in [0.5, 0.6) is 0 Å². The molecular weight excluding hydrogens is 266 g/mol. The number of benzene rings is 1. The van der Waals surface area contributed by atoms with Gasteiger partial charge in [-0.2, -0.15) is 10.4 Å². The van der Waals surface area contributed by atoms with Crippen molar-refractivity contribution in [2.75, 3.05) is 0 Å². The first kappa shape index (κ1) is 12.9. The smallest absolute Gasteiger partial charge is 0.142 e. The summed E-state index contributed by atoms with van der Waals surface area (Å²) in [5.74, 6) is 0. The lowest BCUT2D eigenvalue weighted by molar-refractivity contribution is 0.871. The second-order valence-electron chi connectivity index (χ2n) is 3.76. The van der Waals surface area contributed by atoms with Crippen LogP contribution in [0.2, 0.25) is 5.02 Å². The Kier molecular flexibility index (Phi) is 3.85. The molecule has 0 amide bonds. The Morgan fingerprint density at radius 1 is 1.17 bits per heavy atom. The van der Waals surface area contributed by atoms with Gasteiger partial charge >= 0.3 is 0 Å². The first-order valence-electron chi connectivity index (χ1n) is 5.29. The molecule has 2 aromatic rings. The zero-order valence-electron chi connectivity index (χ0n) is 9.94. The number of aromatic nitrogens is 2. The van der Waals surface area contributed by atoms with Gasteiger partial charge in [0.25, 0.3) is 0 Å². The Labute approximate surface area is 115 Å². The Hall–Kier alpha value is -1.57. The molecule has 0 saturated heterocycles. The molecule has 5 heteroatoms. The van der Waals surface area contributed by atoms with Crippen molar-refractivity contribution in [1.29, 1.82) is 5.26 Å². The van der Waals surface area contributed by atoms with Gasteiger partial charge in [-0.25, -0.2) is 0 Å². The van der Waals surface area contributed by atoms with Gasteiger partial charge in [-0.1, -0.05) is 23.4 Å². The monoisotopic (exact) mass is 275 g/mol. The molecule has 1 aromatic heterocycles. The molecule has 0 aliphatic carbocycles. The van der Waals surface area contributed by atoms with E-state index in [1.807, 2.05) is 38.1 Å². The van der Waals surface area contributed by atoms with Gasteiger partial charge in [0.2, 0.25) is 0 Å². The fraction of sp³-hybridized carbons (Fsp3) is 0.154. The first-order valence-corrected chi connectivity index (χ1v) is 6.48. The minimum absolute atomic E-state index is 0.586. The minimum atomic E-state index is 0.586. The molecule has 0 radical (unpaired) electrons. The fourth-order valence-corrected chi connectivity index (χ4v) is 2.41. The fourth-order valence-electron chi connectivity index (χ4n) is 1.40. The normalized spacial score (nSPS) is 10.1. The second kappa shape index (κ2) is 5.38. The molecule has 1 aromatic carbocycles. The Morgan fingerprint density at radius 2 is 1.83 bits per heavy atom. The first-order chi connectivity index (χ1) is 8.61. The van der Waals surface area contributed by atoms with Crippen molar-refractivity contribution in [1.82, 2.24) is 10.2 Å². The van der Waals surface area contributed by atoms with E-state index in [1.165, 1.54) is 11.8 Å². The van der Waals surface area contributed by atoms with Crippen LogP contribution >= 0.6 is 23.4 Å². The predicted octanol–water partition coefficient (Wildman–Crippen LogP) is 3.77. The van der Waals surface area contributed by atoms with Gasteiger partial charge in [-0.05, 0) is 43.7 Å². The number of rotatable bonds is 2. The summed E-state index contributed by atoms with van der Waals surface area (Å²) in [6.07, 6.45) is 0. The maximum atomic E-state index is 9.19. The number of halogens is 1. The summed E-state index contributed by atoms with van der Waals surface area (Å²) in [5.41, 5.74) is 2.25. The number of aryl methyl sites for hydroxylation is 1. The largest absolute Gasteiger partial charge is 0.192 e. The summed E-state index contributed by atoms with van der Waals surface area (Å²) in [6, 6.07) is 9.59. The topological polar surface area (TPSA) is 49.6 Å². The van der Waals surface area contributed by atoms with E-state index in [4.69, 9.17) is 11.6 Å². The van der Waals surface area contributed by atoms with Crippen LogP contribution in [-0.4, -0.2) is 10.2 Å². The molecule has 0 bridgehead atoms. The lowest BCUT2D eigenvalue weighted by Crippen LogP contribution is -1.98. The quantitative estimate of drug-likeness (QED) is 0.837. The van der Waals surface area contributed by atoms with E-state index in [0.717, 1.165) is 16.2 Å². The van der Waals surface area contributed by atoms with E-state index in [1.54, 1.807) is 0 Å². The highest BCUT2D eigenvalue weighted by Gasteiger charge is 2.11. The van der Waals surface area contributed by atoms with E-state index in [0.29, 0.717) is 15.6 Å². The summed E-state index contributed by atoms with van der Waals surface area (Å²) in [4.78, 5) is 0.980. The molecule has 0 N–H and O–H groups in total. The number of hydrogen-bond donors (Lipinski definition) is 0. The zero-order valence-corrected chi connectivity index (χ0v) is 11.5. The van der Waals surface area contributed by atoms with Crippen LogP contribution in [-0.2, 0) is 0 Å². The van der Waals surface area contributed by atoms with Gasteiger partial charge in [0.05, 0.1) is 11.3 Å². The van der Waals surface area contributed by atoms with Gasteiger partial charge in [0.15, 0.2) is 0 Å². The Morgan fingerprint density at radius 3 is 2.44 bits per heavy atom. The Balaban J connectivity index is 2.38. The van der Waals surface area contributed by atoms with Crippen molar-refractivity contribution in [3.05, 3.63) is 46.1 Å². The van der Waals surface area contributed by atoms with Gasteiger partial charge in [0.1, 0.15) is 11.1 Å². The third-order valence-corrected chi connectivity index (χ3v) is 3.80. The highest BCUT2D eigenvalue weighted by Crippen LogP contribution is 2.30. The summed E-state index contributed by atoms with van der Waals surface area (Å²) in [7, 11) is 0. The molecule has 0 atom stereocenters. The van der Waals surface area contributed by atoms with Crippen LogP contribution in [0, 0.1) is 25.2 Å². The van der Waals surface area contributed by atoms with Crippen molar-refractivity contribution >= 4 is 23.4 Å². The molecule has 18 heavy (non-hydrogen) atoms. The second-order valence-corrected chi connectivity index (χ2v) is 5.26. The summed E-state index contributed by atoms with van der Waals surface area (Å²) in [5, 5.41) is 18.6. The average molecular weight is 276 g/mol. The van der Waals surface area contributed by atoms with Crippen molar-refractivity contribution in [2.24, 2.45) is 0 Å². The molecule has 0 aliphatic heterocycles. The minimum Gasteiger partial charge on any atom is -0.192 e. The number of hydrogen-bond acceptors (Lipinski definition) is 4. The van der Waals surface area contributed by atoms with Crippen LogP contribution < -0.4 is 0 Å². The lowest BCUT2D eigenvalue weighted by atomic mass is 10.1. The summed E-state index contributed by atoms with van der Waals surface area (Å²) < 4.78 is 0. The molecule has 0 saturated carbocycles. The van der Waals surface area contributed by atoms with E-state index < -0.39 is 0 Å². The molecule has 0 unspecified atom stereocenters. The molecular formula is C13H10ClN3S. The van der Waals surface area contributed by atoms with E-state index in [-0.39, 0.29) is 0 Å². The summed E-state index contributed by atoms with van der Waals surface area (Å²) in [6.45, 7) is 3.73. The highest BCUT2D eigenvalue weighted by molar-refractivity contribution is 7.99. The van der Waals surface area contributed by atoms with Crippen LogP contribution in [0.3, 0.4) is 0 Å². The molecule has 3 nitrogen and oxygen atoms in total. The molecule has 2 rings (SSSR count). The van der Waals surface area contributed by atoms with Crippen molar-refractivity contribution in [3.8, 4) is 6.07 Å². The SMILES string of the molecule is Cc1nnc(Sc2ccc(Cl)cc2)c(C#N)c1C. The van der Waals surface area contributed by atoms with Gasteiger partial charge in [0, 0.05) is 9.92 Å².